The second kappa shape index (κ2) is 7.71. The molecule has 1 saturated carbocycles. The first kappa shape index (κ1) is 17.6. The van der Waals surface area contributed by atoms with E-state index in [4.69, 9.17) is 17.0 Å². The van der Waals surface area contributed by atoms with Gasteiger partial charge in [0.2, 0.25) is 0 Å². The number of nitrogens with zero attached hydrogens (tertiary/aromatic N) is 1. The molecule has 1 aromatic carbocycles. The van der Waals surface area contributed by atoms with E-state index in [1.54, 1.807) is 0 Å². The van der Waals surface area contributed by atoms with Gasteiger partial charge < -0.3 is 9.30 Å². The molecule has 1 aliphatic rings. The molecule has 0 radical (unpaired) electrons. The number of thiocarbonyl (C=S) groups is 1. The molecule has 0 bridgehead atoms. The largest absolute Gasteiger partial charge is 0.450 e. The molecule has 0 saturated heterocycles. The van der Waals surface area contributed by atoms with E-state index in [0.717, 1.165) is 29.7 Å². The third-order valence-corrected chi connectivity index (χ3v) is 7.46. The summed E-state index contributed by atoms with van der Waals surface area (Å²) in [5, 5.41) is 0.778. The van der Waals surface area contributed by atoms with Gasteiger partial charge in [-0.15, -0.1) is 0 Å². The highest BCUT2D eigenvalue weighted by Crippen LogP contribution is 2.31. The number of rotatable bonds is 5. The minimum Gasteiger partial charge on any atom is -0.450 e. The highest BCUT2D eigenvalue weighted by atomic mass is 32.1. The van der Waals surface area contributed by atoms with Gasteiger partial charge >= 0.3 is 0 Å². The van der Waals surface area contributed by atoms with E-state index in [-0.39, 0.29) is 0 Å². The zero-order valence-corrected chi connectivity index (χ0v) is 16.2. The molecule has 0 unspecified atom stereocenters. The average molecular weight is 336 g/mol. The molecule has 0 atom stereocenters. The lowest BCUT2D eigenvalue weighted by Gasteiger charge is -2.43. The van der Waals surface area contributed by atoms with Crippen molar-refractivity contribution < 1.29 is 4.74 Å². The van der Waals surface area contributed by atoms with Gasteiger partial charge in [-0.25, -0.2) is 0 Å². The smallest absolute Gasteiger partial charge is 0.170 e. The quantitative estimate of drug-likeness (QED) is 0.548. The van der Waals surface area contributed by atoms with Gasteiger partial charge in [-0.3, -0.25) is 0 Å². The zero-order chi connectivity index (χ0) is 16.2. The summed E-state index contributed by atoms with van der Waals surface area (Å²) in [4.78, 5) is 0. The van der Waals surface area contributed by atoms with E-state index in [9.17, 15) is 0 Å². The van der Waals surface area contributed by atoms with Crippen LogP contribution >= 0.6 is 12.2 Å². The molecule has 1 aromatic rings. The third kappa shape index (κ3) is 4.64. The average Bonchev–Trinajstić information content (AvgIpc) is 2.48. The molecule has 2 rings (SSSR count). The fourth-order valence-electron chi connectivity index (χ4n) is 3.59. The minimum absolute atomic E-state index is 0.437. The number of ether oxygens (including phenoxy) is 1. The fourth-order valence-corrected chi connectivity index (χ4v) is 6.23. The summed E-state index contributed by atoms with van der Waals surface area (Å²) < 4.78 is 8.64. The molecule has 1 aliphatic carbocycles. The van der Waals surface area contributed by atoms with Crippen molar-refractivity contribution in [3.8, 4) is 5.75 Å². The lowest BCUT2D eigenvalue weighted by Crippen LogP contribution is -2.53. The van der Waals surface area contributed by atoms with Gasteiger partial charge in [-0.1, -0.05) is 44.8 Å². The number of hydrogen-bond donors (Lipinski definition) is 0. The summed E-state index contributed by atoms with van der Waals surface area (Å²) in [6.45, 7) is 10.8. The lowest BCUT2D eigenvalue weighted by molar-refractivity contribution is 0.232. The van der Waals surface area contributed by atoms with Crippen LogP contribution in [0.15, 0.2) is 30.3 Å². The van der Waals surface area contributed by atoms with Gasteiger partial charge in [0.1, 0.15) is 14.0 Å². The van der Waals surface area contributed by atoms with Gasteiger partial charge in [-0.05, 0) is 56.6 Å². The summed E-state index contributed by atoms with van der Waals surface area (Å²) in [7, 11) is -1.21. The van der Waals surface area contributed by atoms with Crippen LogP contribution < -0.4 is 4.74 Å². The van der Waals surface area contributed by atoms with Gasteiger partial charge in [0.25, 0.3) is 0 Å². The normalized spacial score (nSPS) is 22.6. The first-order valence-electron chi connectivity index (χ1n) is 8.45. The van der Waals surface area contributed by atoms with E-state index in [1.165, 1.54) is 19.4 Å². The summed E-state index contributed by atoms with van der Waals surface area (Å²) in [5.41, 5.74) is 0. The number of para-hydroxylation sites is 1. The molecule has 0 spiro atoms. The molecular formula is C18H29NOSSi. The van der Waals surface area contributed by atoms with Crippen LogP contribution in [-0.4, -0.2) is 30.4 Å². The first-order chi connectivity index (χ1) is 10.4. The summed E-state index contributed by atoms with van der Waals surface area (Å²) in [6.07, 6.45) is 4.83. The second-order valence-electron chi connectivity index (χ2n) is 7.20. The SMILES string of the molecule is CCN(C1CCC(C(=S)Oc2ccccc2)CC1)[Si](C)(C)C. The molecule has 122 valence electrons. The molecule has 4 heteroatoms. The topological polar surface area (TPSA) is 12.5 Å². The summed E-state index contributed by atoms with van der Waals surface area (Å²) >= 11 is 5.53. The molecule has 0 aliphatic heterocycles. The monoisotopic (exact) mass is 335 g/mol. The molecule has 0 amide bonds. The van der Waals surface area contributed by atoms with E-state index >= 15 is 0 Å². The van der Waals surface area contributed by atoms with Crippen molar-refractivity contribution in [3.63, 3.8) is 0 Å². The van der Waals surface area contributed by atoms with Crippen molar-refractivity contribution in [3.05, 3.63) is 30.3 Å². The van der Waals surface area contributed by atoms with E-state index < -0.39 is 8.24 Å². The Kier molecular flexibility index (Phi) is 6.18. The van der Waals surface area contributed by atoms with Crippen LogP contribution in [0.25, 0.3) is 0 Å². The van der Waals surface area contributed by atoms with Crippen molar-refractivity contribution in [2.75, 3.05) is 6.54 Å². The van der Waals surface area contributed by atoms with Crippen molar-refractivity contribution in [2.45, 2.75) is 58.3 Å². The molecule has 22 heavy (non-hydrogen) atoms. The van der Waals surface area contributed by atoms with E-state index in [0.29, 0.717) is 5.92 Å². The maximum Gasteiger partial charge on any atom is 0.170 e. The van der Waals surface area contributed by atoms with Crippen molar-refractivity contribution in [1.82, 2.24) is 4.57 Å². The standard InChI is InChI=1S/C18H29NOSSi/c1-5-19(22(2,3)4)16-13-11-15(12-14-16)18(21)20-17-9-7-6-8-10-17/h6-10,15-16H,5,11-14H2,1-4H3. The Morgan fingerprint density at radius 2 is 1.73 bits per heavy atom. The van der Waals surface area contributed by atoms with Crippen LogP contribution in [0.3, 0.4) is 0 Å². The fraction of sp³-hybridized carbons (Fsp3) is 0.611. The molecule has 0 heterocycles. The third-order valence-electron chi connectivity index (χ3n) is 4.63. The zero-order valence-electron chi connectivity index (χ0n) is 14.3. The minimum atomic E-state index is -1.21. The molecular weight excluding hydrogens is 306 g/mol. The lowest BCUT2D eigenvalue weighted by atomic mass is 9.86. The van der Waals surface area contributed by atoms with Crippen molar-refractivity contribution in [2.24, 2.45) is 5.92 Å². The van der Waals surface area contributed by atoms with Gasteiger partial charge in [0.05, 0.1) is 0 Å². The van der Waals surface area contributed by atoms with Crippen molar-refractivity contribution in [1.29, 1.82) is 0 Å². The maximum atomic E-state index is 5.87. The number of benzene rings is 1. The summed E-state index contributed by atoms with van der Waals surface area (Å²) in [5.74, 6) is 1.30. The molecule has 1 fully saturated rings. The maximum absolute atomic E-state index is 5.87. The Morgan fingerprint density at radius 3 is 2.23 bits per heavy atom. The van der Waals surface area contributed by atoms with Crippen LogP contribution in [0.4, 0.5) is 0 Å². The van der Waals surface area contributed by atoms with Crippen molar-refractivity contribution >= 4 is 25.5 Å². The Balaban J connectivity index is 1.88. The van der Waals surface area contributed by atoms with E-state index in [2.05, 4.69) is 31.1 Å². The van der Waals surface area contributed by atoms with E-state index in [1.807, 2.05) is 30.3 Å². The van der Waals surface area contributed by atoms with Gasteiger partial charge in [-0.2, -0.15) is 0 Å². The Labute approximate surface area is 141 Å². The predicted octanol–water partition coefficient (Wildman–Crippen LogP) is 5.11. The molecule has 2 nitrogen and oxygen atoms in total. The molecule has 0 N–H and O–H groups in total. The van der Waals surface area contributed by atoms with Gasteiger partial charge in [0, 0.05) is 12.0 Å². The second-order valence-corrected chi connectivity index (χ2v) is 12.5. The van der Waals surface area contributed by atoms with Crippen LogP contribution in [0, 0.1) is 5.92 Å². The summed E-state index contributed by atoms with van der Waals surface area (Å²) in [6, 6.07) is 10.7. The van der Waals surface area contributed by atoms with Crippen LogP contribution in [-0.2, 0) is 0 Å². The number of hydrogen-bond acceptors (Lipinski definition) is 3. The van der Waals surface area contributed by atoms with Crippen LogP contribution in [0.5, 0.6) is 5.75 Å². The predicted molar refractivity (Wildman–Crippen MR) is 101 cm³/mol. The Hall–Kier alpha value is -0.713. The molecule has 0 aromatic heterocycles. The van der Waals surface area contributed by atoms with Crippen LogP contribution in [0.1, 0.15) is 32.6 Å². The highest BCUT2D eigenvalue weighted by Gasteiger charge is 2.33. The first-order valence-corrected chi connectivity index (χ1v) is 12.3. The highest BCUT2D eigenvalue weighted by molar-refractivity contribution is 7.80. The van der Waals surface area contributed by atoms with Crippen LogP contribution in [0.2, 0.25) is 19.6 Å². The Morgan fingerprint density at radius 1 is 1.14 bits per heavy atom. The van der Waals surface area contributed by atoms with Gasteiger partial charge in [0.15, 0.2) is 5.05 Å². The Bertz CT molecular complexity index is 478.